The van der Waals surface area contributed by atoms with Gasteiger partial charge in [-0.3, -0.25) is 14.5 Å². The van der Waals surface area contributed by atoms with Gasteiger partial charge >= 0.3 is 11.9 Å². The van der Waals surface area contributed by atoms with Crippen LogP contribution >= 0.6 is 11.6 Å². The number of hydrogen-bond acceptors (Lipinski definition) is 4. The number of aromatic nitrogens is 3. The molecule has 0 bridgehead atoms. The van der Waals surface area contributed by atoms with Gasteiger partial charge in [0, 0.05) is 11.2 Å². The lowest BCUT2D eigenvalue weighted by molar-refractivity contribution is -0.137. The highest BCUT2D eigenvalue weighted by Crippen LogP contribution is 2.38. The smallest absolute Gasteiger partial charge is 0.296 e. The predicted octanol–water partition coefficient (Wildman–Crippen LogP) is 3.76. The Kier molecular flexibility index (Phi) is 3.69. The largest absolute Gasteiger partial charge is 0.439 e. The van der Waals surface area contributed by atoms with Crippen molar-refractivity contribution in [3.05, 3.63) is 57.7 Å². The molecule has 23 heavy (non-hydrogen) atoms. The molecule has 0 atom stereocenters. The molecule has 0 aliphatic heterocycles. The van der Waals surface area contributed by atoms with E-state index in [-0.39, 0.29) is 27.7 Å². The summed E-state index contributed by atoms with van der Waals surface area (Å²) in [5.74, 6) is -0.756. The molecule has 0 radical (unpaired) electrons. The Balaban J connectivity index is 2.15. The summed E-state index contributed by atoms with van der Waals surface area (Å²) < 4.78 is 43.9. The van der Waals surface area contributed by atoms with E-state index in [0.29, 0.717) is 0 Å². The van der Waals surface area contributed by atoms with Gasteiger partial charge in [0.1, 0.15) is 5.69 Å². The van der Waals surface area contributed by atoms with Crippen LogP contribution < -0.4 is 5.76 Å². The van der Waals surface area contributed by atoms with Crippen molar-refractivity contribution < 1.29 is 17.7 Å². The lowest BCUT2D eigenvalue weighted by Gasteiger charge is -2.13. The number of nitrogens with zero attached hydrogens (tertiary/aromatic N) is 2. The molecular weight excluding hydrogens is 335 g/mol. The summed E-state index contributed by atoms with van der Waals surface area (Å²) in [7, 11) is 0. The van der Waals surface area contributed by atoms with E-state index in [1.807, 2.05) is 0 Å². The van der Waals surface area contributed by atoms with E-state index >= 15 is 0 Å². The molecule has 0 fully saturated rings. The minimum absolute atomic E-state index is 0.0174. The second-order valence-electron chi connectivity index (χ2n) is 4.56. The lowest BCUT2D eigenvalue weighted by atomic mass is 9.99. The van der Waals surface area contributed by atoms with Gasteiger partial charge in [-0.15, -0.1) is 0 Å². The molecule has 1 aromatic carbocycles. The highest BCUT2D eigenvalue weighted by molar-refractivity contribution is 6.30. The summed E-state index contributed by atoms with van der Waals surface area (Å²) in [6.45, 7) is 0. The highest BCUT2D eigenvalue weighted by Gasteiger charge is 2.34. The molecule has 1 N–H and O–H groups in total. The molecule has 0 aliphatic rings. The molecule has 0 saturated heterocycles. The summed E-state index contributed by atoms with van der Waals surface area (Å²) in [6, 6.07) is 6.28. The third-order valence-corrected chi connectivity index (χ3v) is 3.28. The first kappa shape index (κ1) is 15.3. The summed E-state index contributed by atoms with van der Waals surface area (Å²) >= 11 is 5.67. The molecular formula is C14H7ClF3N3O2. The van der Waals surface area contributed by atoms with Gasteiger partial charge < -0.3 is 0 Å². The molecule has 3 aromatic rings. The number of H-pyrrole nitrogens is 1. The van der Waals surface area contributed by atoms with Crippen molar-refractivity contribution in [2.24, 2.45) is 0 Å². The summed E-state index contributed by atoms with van der Waals surface area (Å²) in [4.78, 5) is 17.2. The molecule has 0 amide bonds. The second kappa shape index (κ2) is 5.54. The van der Waals surface area contributed by atoms with Gasteiger partial charge in [-0.05, 0) is 35.4 Å². The van der Waals surface area contributed by atoms with Crippen LogP contribution in [0.3, 0.4) is 0 Å². The number of alkyl halides is 3. The molecule has 0 spiro atoms. The Morgan fingerprint density at radius 1 is 1.17 bits per heavy atom. The first-order valence-electron chi connectivity index (χ1n) is 6.24. The van der Waals surface area contributed by atoms with Gasteiger partial charge in [0.2, 0.25) is 5.82 Å². The molecule has 0 aliphatic carbocycles. The predicted molar refractivity (Wildman–Crippen MR) is 75.8 cm³/mol. The van der Waals surface area contributed by atoms with Gasteiger partial charge in [-0.25, -0.2) is 4.79 Å². The Labute approximate surface area is 131 Å². The Bertz CT molecular complexity index is 918. The molecule has 3 rings (SSSR count). The highest BCUT2D eigenvalue weighted by atomic mass is 35.5. The molecule has 118 valence electrons. The van der Waals surface area contributed by atoms with E-state index in [4.69, 9.17) is 11.6 Å². The zero-order chi connectivity index (χ0) is 16.6. The molecule has 0 unspecified atom stereocenters. The first-order valence-corrected chi connectivity index (χ1v) is 6.62. The fourth-order valence-electron chi connectivity index (χ4n) is 2.07. The quantitative estimate of drug-likeness (QED) is 0.770. The SMILES string of the molecule is O=c1[nH]c(-c2cc(-c3ccc(Cl)cc3C(F)(F)F)ccn2)no1. The van der Waals surface area contributed by atoms with Crippen LogP contribution in [0.2, 0.25) is 5.02 Å². The average Bonchev–Trinajstić information content (AvgIpc) is 2.93. The van der Waals surface area contributed by atoms with Gasteiger partial charge in [-0.1, -0.05) is 22.8 Å². The fraction of sp³-hybridized carbons (Fsp3) is 0.0714. The van der Waals surface area contributed by atoms with Crippen LogP contribution in [-0.2, 0) is 6.18 Å². The third kappa shape index (κ3) is 3.11. The normalized spacial score (nSPS) is 11.7. The van der Waals surface area contributed by atoms with Crippen molar-refractivity contribution in [2.75, 3.05) is 0 Å². The number of aromatic amines is 1. The third-order valence-electron chi connectivity index (χ3n) is 3.04. The van der Waals surface area contributed by atoms with E-state index < -0.39 is 17.5 Å². The second-order valence-corrected chi connectivity index (χ2v) is 5.00. The van der Waals surface area contributed by atoms with Crippen LogP contribution in [0.15, 0.2) is 45.8 Å². The van der Waals surface area contributed by atoms with Crippen LogP contribution in [0.1, 0.15) is 5.56 Å². The van der Waals surface area contributed by atoms with E-state index in [2.05, 4.69) is 19.6 Å². The number of nitrogens with one attached hydrogen (secondary N) is 1. The van der Waals surface area contributed by atoms with Gasteiger partial charge in [0.05, 0.1) is 5.56 Å². The monoisotopic (exact) mass is 341 g/mol. The van der Waals surface area contributed by atoms with Crippen LogP contribution in [0.25, 0.3) is 22.6 Å². The average molecular weight is 342 g/mol. The lowest BCUT2D eigenvalue weighted by Crippen LogP contribution is -2.07. The summed E-state index contributed by atoms with van der Waals surface area (Å²) in [6.07, 6.45) is -3.25. The van der Waals surface area contributed by atoms with E-state index in [1.54, 1.807) is 0 Å². The van der Waals surface area contributed by atoms with E-state index in [9.17, 15) is 18.0 Å². The maximum absolute atomic E-state index is 13.2. The Morgan fingerprint density at radius 3 is 2.61 bits per heavy atom. The summed E-state index contributed by atoms with van der Waals surface area (Å²) in [5.41, 5.74) is -0.494. The first-order chi connectivity index (χ1) is 10.8. The number of hydrogen-bond donors (Lipinski definition) is 1. The van der Waals surface area contributed by atoms with Crippen LogP contribution in [0.4, 0.5) is 13.2 Å². The van der Waals surface area contributed by atoms with Gasteiger partial charge in [0.15, 0.2) is 0 Å². The van der Waals surface area contributed by atoms with Crippen LogP contribution in [0, 0.1) is 0 Å². The van der Waals surface area contributed by atoms with Crippen molar-refractivity contribution in [3.8, 4) is 22.6 Å². The molecule has 2 heterocycles. The number of pyridine rings is 1. The van der Waals surface area contributed by atoms with Crippen LogP contribution in [-0.4, -0.2) is 15.1 Å². The van der Waals surface area contributed by atoms with Gasteiger partial charge in [-0.2, -0.15) is 13.2 Å². The van der Waals surface area contributed by atoms with Crippen molar-refractivity contribution in [2.45, 2.75) is 6.18 Å². The van der Waals surface area contributed by atoms with Crippen molar-refractivity contribution in [1.82, 2.24) is 15.1 Å². The van der Waals surface area contributed by atoms with Gasteiger partial charge in [0.25, 0.3) is 0 Å². The van der Waals surface area contributed by atoms with E-state index in [1.165, 1.54) is 30.5 Å². The number of rotatable bonds is 2. The van der Waals surface area contributed by atoms with Crippen LogP contribution in [0.5, 0.6) is 0 Å². The molecule has 9 heteroatoms. The van der Waals surface area contributed by atoms with Crippen molar-refractivity contribution in [1.29, 1.82) is 0 Å². The Hall–Kier alpha value is -2.61. The number of benzene rings is 1. The number of halogens is 4. The fourth-order valence-corrected chi connectivity index (χ4v) is 2.24. The maximum Gasteiger partial charge on any atom is 0.439 e. The summed E-state index contributed by atoms with van der Waals surface area (Å²) in [5, 5.41) is 3.44. The Morgan fingerprint density at radius 2 is 1.96 bits per heavy atom. The van der Waals surface area contributed by atoms with Crippen molar-refractivity contribution >= 4 is 11.6 Å². The topological polar surface area (TPSA) is 71.8 Å². The standard InChI is InChI=1S/C14H7ClF3N3O2/c15-8-1-2-9(10(6-8)14(16,17)18)7-3-4-19-11(5-7)12-20-13(22)23-21-12/h1-6H,(H,20,21,22). The maximum atomic E-state index is 13.2. The van der Waals surface area contributed by atoms with Crippen molar-refractivity contribution in [3.63, 3.8) is 0 Å². The zero-order valence-corrected chi connectivity index (χ0v) is 11.9. The molecule has 0 saturated carbocycles. The van der Waals surface area contributed by atoms with E-state index in [0.717, 1.165) is 6.07 Å². The molecule has 2 aromatic heterocycles. The zero-order valence-electron chi connectivity index (χ0n) is 11.2. The minimum Gasteiger partial charge on any atom is -0.296 e. The minimum atomic E-state index is -4.56. The molecule has 5 nitrogen and oxygen atoms in total.